The summed E-state index contributed by atoms with van der Waals surface area (Å²) in [5.41, 5.74) is 6.06. The highest BCUT2D eigenvalue weighted by atomic mass is 14.9. The number of rotatable bonds is 1. The lowest BCUT2D eigenvalue weighted by molar-refractivity contribution is 0.904. The van der Waals surface area contributed by atoms with Gasteiger partial charge >= 0.3 is 0 Å². The molecule has 0 spiro atoms. The topological polar surface area (TPSA) is 17.3 Å². The molecule has 0 bridgehead atoms. The molecule has 0 amide bonds. The van der Waals surface area contributed by atoms with E-state index in [1.807, 2.05) is 6.21 Å². The third-order valence-electron chi connectivity index (χ3n) is 2.68. The fourth-order valence-electron chi connectivity index (χ4n) is 1.90. The molecule has 0 aromatic carbocycles. The molecule has 1 aliphatic heterocycles. The summed E-state index contributed by atoms with van der Waals surface area (Å²) in [7, 11) is 2.07. The molecular weight excluding hydrogens is 184 g/mol. The van der Waals surface area contributed by atoms with Crippen LogP contribution in [0.4, 0.5) is 0 Å². The van der Waals surface area contributed by atoms with Crippen LogP contribution < -0.4 is 0 Å². The number of aryl methyl sites for hydroxylation is 2. The molecule has 2 rings (SSSR count). The summed E-state index contributed by atoms with van der Waals surface area (Å²) in [6.07, 6.45) is 6.17. The second kappa shape index (κ2) is 3.54. The standard InChI is InChI=1S/C13H16N2/c1-9-5-12(14-7-9)11(3)13-6-10(2)8-15(13)4/h5-8H,1-4H3/b12-11-. The Morgan fingerprint density at radius 2 is 2.07 bits per heavy atom. The van der Waals surface area contributed by atoms with Crippen molar-refractivity contribution in [3.05, 3.63) is 40.9 Å². The molecule has 2 heterocycles. The van der Waals surface area contributed by atoms with Crippen LogP contribution in [0.5, 0.6) is 0 Å². The zero-order valence-corrected chi connectivity index (χ0v) is 9.70. The summed E-state index contributed by atoms with van der Waals surface area (Å²) in [6.45, 7) is 6.30. The Hall–Kier alpha value is -1.57. The number of aliphatic imine (C=N–C) groups is 1. The van der Waals surface area contributed by atoms with Gasteiger partial charge in [0.05, 0.1) is 5.70 Å². The molecule has 78 valence electrons. The quantitative estimate of drug-likeness (QED) is 0.663. The van der Waals surface area contributed by atoms with Crippen LogP contribution in [-0.4, -0.2) is 10.8 Å². The molecule has 2 heteroatoms. The lowest BCUT2D eigenvalue weighted by Gasteiger charge is -2.04. The van der Waals surface area contributed by atoms with E-state index in [9.17, 15) is 0 Å². The second-order valence-corrected chi connectivity index (χ2v) is 4.17. The Kier molecular flexibility index (Phi) is 2.35. The Morgan fingerprint density at radius 1 is 1.33 bits per heavy atom. The fourth-order valence-corrected chi connectivity index (χ4v) is 1.90. The van der Waals surface area contributed by atoms with E-state index in [0.29, 0.717) is 0 Å². The van der Waals surface area contributed by atoms with Gasteiger partial charge in [0, 0.05) is 25.2 Å². The van der Waals surface area contributed by atoms with Crippen LogP contribution in [0, 0.1) is 6.92 Å². The maximum Gasteiger partial charge on any atom is 0.0682 e. The van der Waals surface area contributed by atoms with Gasteiger partial charge in [0.2, 0.25) is 0 Å². The maximum absolute atomic E-state index is 4.39. The number of nitrogens with zero attached hydrogens (tertiary/aromatic N) is 2. The summed E-state index contributed by atoms with van der Waals surface area (Å²) in [5.74, 6) is 0. The fraction of sp³-hybridized carbons (Fsp3) is 0.308. The number of hydrogen-bond acceptors (Lipinski definition) is 1. The van der Waals surface area contributed by atoms with Crippen LogP contribution in [0.25, 0.3) is 5.57 Å². The van der Waals surface area contributed by atoms with Crippen molar-refractivity contribution in [2.24, 2.45) is 12.0 Å². The van der Waals surface area contributed by atoms with Gasteiger partial charge in [-0.1, -0.05) is 0 Å². The Morgan fingerprint density at radius 3 is 2.53 bits per heavy atom. The van der Waals surface area contributed by atoms with Crippen molar-refractivity contribution in [3.63, 3.8) is 0 Å². The third-order valence-corrected chi connectivity index (χ3v) is 2.68. The van der Waals surface area contributed by atoms with Gasteiger partial charge in [-0.25, -0.2) is 0 Å². The Bertz CT molecular complexity index is 485. The highest BCUT2D eigenvalue weighted by molar-refractivity contribution is 5.86. The van der Waals surface area contributed by atoms with Crippen molar-refractivity contribution in [1.82, 2.24) is 4.57 Å². The van der Waals surface area contributed by atoms with E-state index in [4.69, 9.17) is 0 Å². The van der Waals surface area contributed by atoms with Gasteiger partial charge in [-0.15, -0.1) is 0 Å². The van der Waals surface area contributed by atoms with Gasteiger partial charge in [0.25, 0.3) is 0 Å². The second-order valence-electron chi connectivity index (χ2n) is 4.17. The number of allylic oxidation sites excluding steroid dienone is 3. The van der Waals surface area contributed by atoms with Gasteiger partial charge in [-0.2, -0.15) is 0 Å². The van der Waals surface area contributed by atoms with Crippen LogP contribution in [0.2, 0.25) is 0 Å². The minimum absolute atomic E-state index is 1.08. The first kappa shape index (κ1) is 9.97. The van der Waals surface area contributed by atoms with E-state index >= 15 is 0 Å². The van der Waals surface area contributed by atoms with Crippen molar-refractivity contribution >= 4 is 11.8 Å². The van der Waals surface area contributed by atoms with Crippen molar-refractivity contribution in [3.8, 4) is 0 Å². The molecule has 0 unspecified atom stereocenters. The highest BCUT2D eigenvalue weighted by Gasteiger charge is 2.09. The molecule has 0 saturated carbocycles. The van der Waals surface area contributed by atoms with E-state index in [2.05, 4.69) is 55.7 Å². The van der Waals surface area contributed by atoms with E-state index in [1.165, 1.54) is 22.4 Å². The van der Waals surface area contributed by atoms with Crippen molar-refractivity contribution in [2.75, 3.05) is 0 Å². The van der Waals surface area contributed by atoms with Crippen LogP contribution >= 0.6 is 0 Å². The maximum atomic E-state index is 4.39. The predicted molar refractivity (Wildman–Crippen MR) is 65.0 cm³/mol. The van der Waals surface area contributed by atoms with Crippen molar-refractivity contribution in [2.45, 2.75) is 20.8 Å². The minimum Gasteiger partial charge on any atom is -0.351 e. The molecule has 15 heavy (non-hydrogen) atoms. The summed E-state index contributed by atoms with van der Waals surface area (Å²) in [6, 6.07) is 2.19. The smallest absolute Gasteiger partial charge is 0.0682 e. The first-order chi connectivity index (χ1) is 7.08. The van der Waals surface area contributed by atoms with Gasteiger partial charge in [-0.3, -0.25) is 4.99 Å². The first-order valence-corrected chi connectivity index (χ1v) is 5.14. The van der Waals surface area contributed by atoms with Gasteiger partial charge in [0.15, 0.2) is 0 Å². The predicted octanol–water partition coefficient (Wildman–Crippen LogP) is 3.10. The molecule has 0 radical (unpaired) electrons. The summed E-state index contributed by atoms with van der Waals surface area (Å²) >= 11 is 0. The molecule has 0 N–H and O–H groups in total. The van der Waals surface area contributed by atoms with Crippen molar-refractivity contribution < 1.29 is 0 Å². The molecule has 1 aliphatic rings. The van der Waals surface area contributed by atoms with Crippen LogP contribution in [0.1, 0.15) is 25.1 Å². The summed E-state index contributed by atoms with van der Waals surface area (Å²) in [4.78, 5) is 4.39. The molecule has 0 fully saturated rings. The normalized spacial score (nSPS) is 18.3. The number of aromatic nitrogens is 1. The van der Waals surface area contributed by atoms with Gasteiger partial charge < -0.3 is 4.57 Å². The van der Waals surface area contributed by atoms with Gasteiger partial charge in [0.1, 0.15) is 0 Å². The monoisotopic (exact) mass is 200 g/mol. The summed E-state index contributed by atoms with van der Waals surface area (Å²) < 4.78 is 2.15. The molecule has 1 aromatic rings. The molecule has 0 atom stereocenters. The van der Waals surface area contributed by atoms with Crippen LogP contribution in [0.3, 0.4) is 0 Å². The Balaban J connectivity index is 2.49. The van der Waals surface area contributed by atoms with Crippen LogP contribution in [-0.2, 0) is 7.05 Å². The minimum atomic E-state index is 1.08. The molecular formula is C13H16N2. The van der Waals surface area contributed by atoms with Crippen molar-refractivity contribution in [1.29, 1.82) is 0 Å². The zero-order chi connectivity index (χ0) is 11.0. The van der Waals surface area contributed by atoms with E-state index in [1.54, 1.807) is 0 Å². The lowest BCUT2D eigenvalue weighted by atomic mass is 10.1. The third kappa shape index (κ3) is 1.80. The number of hydrogen-bond donors (Lipinski definition) is 0. The average Bonchev–Trinajstić information content (AvgIpc) is 2.71. The Labute approximate surface area is 90.6 Å². The highest BCUT2D eigenvalue weighted by Crippen LogP contribution is 2.24. The van der Waals surface area contributed by atoms with E-state index in [-0.39, 0.29) is 0 Å². The molecule has 0 saturated heterocycles. The molecule has 2 nitrogen and oxygen atoms in total. The van der Waals surface area contributed by atoms with Crippen LogP contribution in [0.15, 0.2) is 34.6 Å². The molecule has 0 aliphatic carbocycles. The SMILES string of the molecule is CC1=C/C(=C(\C)c2cc(C)cn2C)N=C1. The average molecular weight is 200 g/mol. The zero-order valence-electron chi connectivity index (χ0n) is 9.70. The molecule has 1 aromatic heterocycles. The first-order valence-electron chi connectivity index (χ1n) is 5.14. The van der Waals surface area contributed by atoms with E-state index in [0.717, 1.165) is 5.70 Å². The van der Waals surface area contributed by atoms with Gasteiger partial charge in [-0.05, 0) is 49.6 Å². The lowest BCUT2D eigenvalue weighted by Crippen LogP contribution is -1.93. The van der Waals surface area contributed by atoms with E-state index < -0.39 is 0 Å². The largest absolute Gasteiger partial charge is 0.351 e. The summed E-state index contributed by atoms with van der Waals surface area (Å²) in [5, 5.41) is 0.